The topological polar surface area (TPSA) is 154 Å². The molecule has 0 bridgehead atoms. The molecule has 1 saturated carbocycles. The summed E-state index contributed by atoms with van der Waals surface area (Å²) in [4.78, 5) is 23.7. The van der Waals surface area contributed by atoms with E-state index in [2.05, 4.69) is 4.74 Å². The number of phenols is 2. The lowest BCUT2D eigenvalue weighted by molar-refractivity contribution is -0.190. The van der Waals surface area contributed by atoms with Crippen molar-refractivity contribution in [2.75, 3.05) is 7.11 Å². The second-order valence-electron chi connectivity index (χ2n) is 6.03. The number of ether oxygens (including phenoxy) is 2. The molecule has 0 spiro atoms. The Labute approximate surface area is 148 Å². The summed E-state index contributed by atoms with van der Waals surface area (Å²) < 4.78 is 9.70. The molecule has 0 heterocycles. The van der Waals surface area contributed by atoms with Crippen LogP contribution in [0.3, 0.4) is 0 Å². The van der Waals surface area contributed by atoms with Crippen molar-refractivity contribution in [3.05, 3.63) is 36.1 Å². The van der Waals surface area contributed by atoms with Gasteiger partial charge in [0.25, 0.3) is 0 Å². The SMILES string of the molecule is COC(=O)[C@@]1(O)C[C@@H](O)[C@H](O)[C@H](O/C=C/C(=O)c2ccc(O)c(O)c2)C1. The molecule has 1 aromatic rings. The van der Waals surface area contributed by atoms with E-state index in [1.807, 2.05) is 0 Å². The summed E-state index contributed by atoms with van der Waals surface area (Å²) in [5, 5.41) is 48.7. The van der Waals surface area contributed by atoms with Gasteiger partial charge in [-0.25, -0.2) is 4.79 Å². The van der Waals surface area contributed by atoms with Gasteiger partial charge in [-0.05, 0) is 18.2 Å². The first-order valence-corrected chi connectivity index (χ1v) is 7.73. The molecule has 0 aromatic heterocycles. The number of allylic oxidation sites excluding steroid dienone is 1. The van der Waals surface area contributed by atoms with Crippen molar-refractivity contribution in [3.8, 4) is 11.5 Å². The van der Waals surface area contributed by atoms with Crippen molar-refractivity contribution in [1.29, 1.82) is 0 Å². The van der Waals surface area contributed by atoms with Crippen molar-refractivity contribution >= 4 is 11.8 Å². The summed E-state index contributed by atoms with van der Waals surface area (Å²) >= 11 is 0. The summed E-state index contributed by atoms with van der Waals surface area (Å²) in [6.45, 7) is 0. The van der Waals surface area contributed by atoms with Crippen LogP contribution in [0.5, 0.6) is 11.5 Å². The average molecular weight is 368 g/mol. The third-order valence-electron chi connectivity index (χ3n) is 4.16. The molecule has 9 heteroatoms. The van der Waals surface area contributed by atoms with Gasteiger partial charge in [0.1, 0.15) is 12.2 Å². The Morgan fingerprint density at radius 3 is 2.50 bits per heavy atom. The van der Waals surface area contributed by atoms with Gasteiger partial charge in [0.15, 0.2) is 22.9 Å². The number of benzene rings is 1. The fourth-order valence-electron chi connectivity index (χ4n) is 2.71. The molecule has 1 fully saturated rings. The first-order valence-electron chi connectivity index (χ1n) is 7.73. The van der Waals surface area contributed by atoms with Gasteiger partial charge in [-0.15, -0.1) is 0 Å². The maximum Gasteiger partial charge on any atom is 0.338 e. The average Bonchev–Trinajstić information content (AvgIpc) is 2.60. The summed E-state index contributed by atoms with van der Waals surface area (Å²) in [7, 11) is 1.08. The van der Waals surface area contributed by atoms with Crippen molar-refractivity contribution in [1.82, 2.24) is 0 Å². The van der Waals surface area contributed by atoms with Gasteiger partial charge < -0.3 is 35.0 Å². The summed E-state index contributed by atoms with van der Waals surface area (Å²) in [6.07, 6.45) is -2.74. The number of esters is 1. The van der Waals surface area contributed by atoms with Crippen LogP contribution in [0.15, 0.2) is 30.5 Å². The van der Waals surface area contributed by atoms with Crippen molar-refractivity contribution < 1.29 is 44.6 Å². The predicted molar refractivity (Wildman–Crippen MR) is 86.3 cm³/mol. The highest BCUT2D eigenvalue weighted by molar-refractivity contribution is 6.04. The number of phenolic OH excluding ortho intramolecular Hbond substituents is 2. The van der Waals surface area contributed by atoms with E-state index in [1.54, 1.807) is 0 Å². The quantitative estimate of drug-likeness (QED) is 0.153. The number of ketones is 1. The Morgan fingerprint density at radius 1 is 1.19 bits per heavy atom. The van der Waals surface area contributed by atoms with Crippen LogP contribution in [0, 0.1) is 0 Å². The van der Waals surface area contributed by atoms with Crippen LogP contribution >= 0.6 is 0 Å². The number of aliphatic hydroxyl groups is 3. The number of aliphatic hydroxyl groups excluding tert-OH is 2. The predicted octanol–water partition coefficient (Wildman–Crippen LogP) is -0.401. The summed E-state index contributed by atoms with van der Waals surface area (Å²) in [5.41, 5.74) is -1.94. The van der Waals surface area contributed by atoms with E-state index >= 15 is 0 Å². The minimum absolute atomic E-state index is 0.0791. The molecule has 9 nitrogen and oxygen atoms in total. The number of rotatable bonds is 5. The highest BCUT2D eigenvalue weighted by Gasteiger charge is 2.50. The number of carbonyl (C=O) groups is 2. The van der Waals surface area contributed by atoms with Crippen LogP contribution in [-0.4, -0.2) is 68.3 Å². The molecule has 4 atom stereocenters. The lowest BCUT2D eigenvalue weighted by Crippen LogP contribution is -2.56. The van der Waals surface area contributed by atoms with E-state index in [0.717, 1.165) is 31.6 Å². The summed E-state index contributed by atoms with van der Waals surface area (Å²) in [5.74, 6) is -2.35. The molecule has 0 aliphatic heterocycles. The van der Waals surface area contributed by atoms with Crippen molar-refractivity contribution in [3.63, 3.8) is 0 Å². The Bertz CT molecular complexity index is 714. The van der Waals surface area contributed by atoms with Gasteiger partial charge in [-0.3, -0.25) is 4.79 Å². The zero-order valence-corrected chi connectivity index (χ0v) is 13.9. The van der Waals surface area contributed by atoms with E-state index < -0.39 is 47.8 Å². The maximum atomic E-state index is 12.0. The maximum absolute atomic E-state index is 12.0. The Morgan fingerprint density at radius 2 is 1.88 bits per heavy atom. The molecule has 0 amide bonds. The minimum Gasteiger partial charge on any atom is -0.504 e. The molecule has 1 aromatic carbocycles. The fraction of sp³-hybridized carbons (Fsp3) is 0.412. The molecule has 1 aliphatic carbocycles. The monoisotopic (exact) mass is 368 g/mol. The Kier molecular flexibility index (Phi) is 5.86. The lowest BCUT2D eigenvalue weighted by atomic mass is 9.79. The van der Waals surface area contributed by atoms with Crippen LogP contribution in [0.2, 0.25) is 0 Å². The molecule has 5 N–H and O–H groups in total. The highest BCUT2D eigenvalue weighted by Crippen LogP contribution is 2.32. The highest BCUT2D eigenvalue weighted by atomic mass is 16.5. The Balaban J connectivity index is 2.06. The minimum atomic E-state index is -2.02. The van der Waals surface area contributed by atoms with Gasteiger partial charge in [0.05, 0.1) is 19.5 Å². The third-order valence-corrected chi connectivity index (χ3v) is 4.16. The zero-order valence-electron chi connectivity index (χ0n) is 13.9. The van der Waals surface area contributed by atoms with Gasteiger partial charge in [-0.1, -0.05) is 0 Å². The van der Waals surface area contributed by atoms with Crippen LogP contribution in [0.4, 0.5) is 0 Å². The van der Waals surface area contributed by atoms with Gasteiger partial charge in [0, 0.05) is 24.5 Å². The largest absolute Gasteiger partial charge is 0.504 e. The second kappa shape index (κ2) is 7.73. The molecule has 1 aliphatic rings. The van der Waals surface area contributed by atoms with Crippen LogP contribution in [-0.2, 0) is 14.3 Å². The van der Waals surface area contributed by atoms with E-state index in [1.165, 1.54) is 6.07 Å². The van der Waals surface area contributed by atoms with Crippen LogP contribution in [0.1, 0.15) is 23.2 Å². The lowest BCUT2D eigenvalue weighted by Gasteiger charge is -2.39. The second-order valence-corrected chi connectivity index (χ2v) is 6.03. The van der Waals surface area contributed by atoms with E-state index in [4.69, 9.17) is 4.74 Å². The molecule has 0 radical (unpaired) electrons. The smallest absolute Gasteiger partial charge is 0.338 e. The number of methoxy groups -OCH3 is 1. The zero-order chi connectivity index (χ0) is 19.5. The number of aromatic hydroxyl groups is 2. The van der Waals surface area contributed by atoms with Crippen LogP contribution in [0.25, 0.3) is 0 Å². The van der Waals surface area contributed by atoms with Gasteiger partial charge in [0.2, 0.25) is 0 Å². The molecule has 142 valence electrons. The van der Waals surface area contributed by atoms with Crippen molar-refractivity contribution in [2.24, 2.45) is 0 Å². The first-order chi connectivity index (χ1) is 12.2. The third kappa shape index (κ3) is 4.13. The molecular formula is C17H20O9. The molecule has 2 rings (SSSR count). The standard InChI is InChI=1S/C17H20O9/c1-25-16(23)17(24)7-13(21)15(22)14(8-17)26-5-4-10(18)9-2-3-11(19)12(20)6-9/h2-6,13-15,19-22,24H,7-8H2,1H3/b5-4+/t13-,14-,15+,17-/m1/s1. The van der Waals surface area contributed by atoms with Gasteiger partial charge >= 0.3 is 5.97 Å². The van der Waals surface area contributed by atoms with E-state index in [9.17, 15) is 35.1 Å². The van der Waals surface area contributed by atoms with E-state index in [0.29, 0.717) is 0 Å². The van der Waals surface area contributed by atoms with Gasteiger partial charge in [-0.2, -0.15) is 0 Å². The normalized spacial score (nSPS) is 28.7. The van der Waals surface area contributed by atoms with E-state index in [-0.39, 0.29) is 17.7 Å². The molecular weight excluding hydrogens is 348 g/mol. The van der Waals surface area contributed by atoms with Crippen molar-refractivity contribution in [2.45, 2.75) is 36.8 Å². The molecule has 0 unspecified atom stereocenters. The Hall–Kier alpha value is -2.62. The van der Waals surface area contributed by atoms with Crippen LogP contribution < -0.4 is 0 Å². The fourth-order valence-corrected chi connectivity index (χ4v) is 2.71. The summed E-state index contributed by atoms with van der Waals surface area (Å²) in [6, 6.07) is 3.50. The number of hydrogen-bond donors (Lipinski definition) is 5. The molecule has 0 saturated heterocycles. The first kappa shape index (κ1) is 19.7. The number of carbonyl (C=O) groups excluding carboxylic acids is 2. The number of hydrogen-bond acceptors (Lipinski definition) is 9. The molecule has 26 heavy (non-hydrogen) atoms.